The van der Waals surface area contributed by atoms with E-state index in [2.05, 4.69) is 30.8 Å². The Hall–Kier alpha value is -0.830. The van der Waals surface area contributed by atoms with Gasteiger partial charge in [0.2, 0.25) is 0 Å². The molecule has 0 bridgehead atoms. The molecular formula is C16H29N3. The van der Waals surface area contributed by atoms with Crippen LogP contribution in [0.1, 0.15) is 70.5 Å². The Balaban J connectivity index is 1.82. The first kappa shape index (κ1) is 14.6. The number of aryl methyl sites for hydroxylation is 1. The summed E-state index contributed by atoms with van der Waals surface area (Å²) in [6.07, 6.45) is 12.0. The largest absolute Gasteiger partial charge is 0.327 e. The fourth-order valence-corrected chi connectivity index (χ4v) is 3.31. The van der Waals surface area contributed by atoms with Crippen LogP contribution >= 0.6 is 0 Å². The number of aromatic nitrogens is 2. The van der Waals surface area contributed by atoms with Gasteiger partial charge in [-0.25, -0.2) is 0 Å². The van der Waals surface area contributed by atoms with Crippen LogP contribution in [0.15, 0.2) is 12.3 Å². The van der Waals surface area contributed by atoms with Crippen molar-refractivity contribution in [2.75, 3.05) is 0 Å². The van der Waals surface area contributed by atoms with Crippen LogP contribution in [-0.4, -0.2) is 15.8 Å². The molecule has 1 aliphatic rings. The first-order valence-electron chi connectivity index (χ1n) is 8.04. The molecule has 0 aromatic carbocycles. The third kappa shape index (κ3) is 3.82. The van der Waals surface area contributed by atoms with E-state index in [0.29, 0.717) is 12.1 Å². The van der Waals surface area contributed by atoms with Gasteiger partial charge in [-0.05, 0) is 50.5 Å². The molecule has 2 N–H and O–H groups in total. The van der Waals surface area contributed by atoms with Crippen molar-refractivity contribution >= 4 is 0 Å². The van der Waals surface area contributed by atoms with E-state index in [1.807, 2.05) is 0 Å². The molecule has 1 aliphatic carbocycles. The minimum Gasteiger partial charge on any atom is -0.327 e. The smallest absolute Gasteiger partial charge is 0.0625 e. The molecule has 1 saturated carbocycles. The maximum Gasteiger partial charge on any atom is 0.0625 e. The first-order valence-corrected chi connectivity index (χ1v) is 8.04. The van der Waals surface area contributed by atoms with Gasteiger partial charge in [-0.3, -0.25) is 4.68 Å². The lowest BCUT2D eigenvalue weighted by Gasteiger charge is -2.18. The summed E-state index contributed by atoms with van der Waals surface area (Å²) in [5, 5.41) is 4.71. The van der Waals surface area contributed by atoms with Crippen molar-refractivity contribution in [3.63, 3.8) is 0 Å². The summed E-state index contributed by atoms with van der Waals surface area (Å²) in [6.45, 7) is 4.46. The van der Waals surface area contributed by atoms with E-state index >= 15 is 0 Å². The second-order valence-electron chi connectivity index (χ2n) is 6.00. The average Bonchev–Trinajstić information content (AvgIpc) is 3.09. The molecule has 2 rings (SSSR count). The summed E-state index contributed by atoms with van der Waals surface area (Å²) >= 11 is 0. The maximum absolute atomic E-state index is 6.31. The van der Waals surface area contributed by atoms with E-state index in [0.717, 1.165) is 31.6 Å². The molecule has 1 aromatic heterocycles. The highest BCUT2D eigenvalue weighted by Gasteiger charge is 2.21. The first-order chi connectivity index (χ1) is 9.24. The molecule has 1 fully saturated rings. The third-order valence-corrected chi connectivity index (χ3v) is 4.72. The Bertz CT molecular complexity index is 362. The van der Waals surface area contributed by atoms with Crippen LogP contribution in [0.4, 0.5) is 0 Å². The van der Waals surface area contributed by atoms with Crippen LogP contribution in [0, 0.1) is 5.92 Å². The minimum atomic E-state index is 0.376. The van der Waals surface area contributed by atoms with E-state index < -0.39 is 0 Å². The van der Waals surface area contributed by atoms with Crippen LogP contribution in [0.2, 0.25) is 0 Å². The van der Waals surface area contributed by atoms with Gasteiger partial charge < -0.3 is 5.73 Å². The molecule has 3 nitrogen and oxygen atoms in total. The summed E-state index contributed by atoms with van der Waals surface area (Å²) in [4.78, 5) is 0. The predicted octanol–water partition coefficient (Wildman–Crippen LogP) is 3.69. The monoisotopic (exact) mass is 263 g/mol. The van der Waals surface area contributed by atoms with Crippen molar-refractivity contribution in [3.8, 4) is 0 Å². The number of hydrogen-bond donors (Lipinski definition) is 1. The zero-order valence-corrected chi connectivity index (χ0v) is 12.5. The second-order valence-corrected chi connectivity index (χ2v) is 6.00. The highest BCUT2D eigenvalue weighted by Crippen LogP contribution is 2.28. The molecule has 3 heteroatoms. The normalized spacial score (nSPS) is 18.3. The summed E-state index contributed by atoms with van der Waals surface area (Å²) < 4.78 is 2.14. The molecule has 1 atom stereocenters. The molecule has 19 heavy (non-hydrogen) atoms. The predicted molar refractivity (Wildman–Crippen MR) is 80.1 cm³/mol. The molecule has 1 aromatic rings. The average molecular weight is 263 g/mol. The summed E-state index contributed by atoms with van der Waals surface area (Å²) in [5.41, 5.74) is 7.52. The Labute approximate surface area is 117 Å². The Morgan fingerprint density at radius 2 is 2.00 bits per heavy atom. The van der Waals surface area contributed by atoms with E-state index in [4.69, 9.17) is 10.8 Å². The lowest BCUT2D eigenvalue weighted by atomic mass is 9.94. The topological polar surface area (TPSA) is 43.8 Å². The quantitative estimate of drug-likeness (QED) is 0.815. The minimum absolute atomic E-state index is 0.376. The number of nitrogens with two attached hydrogens (primary N) is 1. The molecule has 108 valence electrons. The fourth-order valence-electron chi connectivity index (χ4n) is 3.31. The van der Waals surface area contributed by atoms with Gasteiger partial charge in [0.1, 0.15) is 0 Å². The SMILES string of the molecule is CCC(CC)n1ccc(CCC(N)C2CCCC2)n1. The molecule has 0 amide bonds. The summed E-state index contributed by atoms with van der Waals surface area (Å²) in [7, 11) is 0. The summed E-state index contributed by atoms with van der Waals surface area (Å²) in [6, 6.07) is 3.10. The Morgan fingerprint density at radius 1 is 1.32 bits per heavy atom. The standard InChI is InChI=1S/C16H29N3/c1-3-15(4-2)19-12-11-14(18-19)9-10-16(17)13-7-5-6-8-13/h11-13,15-16H,3-10,17H2,1-2H3. The van der Waals surface area contributed by atoms with E-state index in [1.54, 1.807) is 0 Å². The van der Waals surface area contributed by atoms with Crippen LogP contribution < -0.4 is 5.73 Å². The van der Waals surface area contributed by atoms with Gasteiger partial charge in [-0.2, -0.15) is 5.10 Å². The Kier molecular flexibility index (Phi) is 5.44. The Morgan fingerprint density at radius 3 is 2.63 bits per heavy atom. The molecule has 0 aliphatic heterocycles. The van der Waals surface area contributed by atoms with Crippen molar-refractivity contribution in [1.29, 1.82) is 0 Å². The van der Waals surface area contributed by atoms with Gasteiger partial charge in [0.05, 0.1) is 11.7 Å². The van der Waals surface area contributed by atoms with Crippen LogP contribution in [0.3, 0.4) is 0 Å². The van der Waals surface area contributed by atoms with Crippen molar-refractivity contribution in [1.82, 2.24) is 9.78 Å². The number of rotatable bonds is 7. The maximum atomic E-state index is 6.31. The van der Waals surface area contributed by atoms with E-state index in [-0.39, 0.29) is 0 Å². The highest BCUT2D eigenvalue weighted by atomic mass is 15.3. The van der Waals surface area contributed by atoms with Crippen molar-refractivity contribution in [2.24, 2.45) is 11.7 Å². The van der Waals surface area contributed by atoms with Crippen LogP contribution in [0.25, 0.3) is 0 Å². The van der Waals surface area contributed by atoms with Gasteiger partial charge in [0.15, 0.2) is 0 Å². The van der Waals surface area contributed by atoms with Gasteiger partial charge >= 0.3 is 0 Å². The molecular weight excluding hydrogens is 234 g/mol. The summed E-state index contributed by atoms with van der Waals surface area (Å²) in [5.74, 6) is 0.765. The van der Waals surface area contributed by atoms with Gasteiger partial charge in [0.25, 0.3) is 0 Å². The van der Waals surface area contributed by atoms with Crippen LogP contribution in [-0.2, 0) is 6.42 Å². The zero-order chi connectivity index (χ0) is 13.7. The van der Waals surface area contributed by atoms with Gasteiger partial charge in [-0.15, -0.1) is 0 Å². The van der Waals surface area contributed by atoms with Crippen molar-refractivity contribution in [3.05, 3.63) is 18.0 Å². The molecule has 0 spiro atoms. The molecule has 1 unspecified atom stereocenters. The van der Waals surface area contributed by atoms with Crippen molar-refractivity contribution < 1.29 is 0 Å². The zero-order valence-electron chi connectivity index (χ0n) is 12.5. The molecule has 1 heterocycles. The van der Waals surface area contributed by atoms with Crippen LogP contribution in [0.5, 0.6) is 0 Å². The molecule has 0 radical (unpaired) electrons. The third-order valence-electron chi connectivity index (χ3n) is 4.72. The number of nitrogens with zero attached hydrogens (tertiary/aromatic N) is 2. The van der Waals surface area contributed by atoms with Gasteiger partial charge in [-0.1, -0.05) is 26.7 Å². The lowest BCUT2D eigenvalue weighted by molar-refractivity contribution is 0.403. The van der Waals surface area contributed by atoms with E-state index in [9.17, 15) is 0 Å². The highest BCUT2D eigenvalue weighted by molar-refractivity contribution is 5.00. The van der Waals surface area contributed by atoms with Gasteiger partial charge in [0, 0.05) is 12.2 Å². The molecule has 0 saturated heterocycles. The number of hydrogen-bond acceptors (Lipinski definition) is 2. The fraction of sp³-hybridized carbons (Fsp3) is 0.812. The second kappa shape index (κ2) is 7.09. The van der Waals surface area contributed by atoms with E-state index in [1.165, 1.54) is 31.4 Å². The lowest BCUT2D eigenvalue weighted by Crippen LogP contribution is -2.28. The van der Waals surface area contributed by atoms with Crippen molar-refractivity contribution in [2.45, 2.75) is 77.3 Å².